The minimum Gasteiger partial charge on any atom is -0.376 e. The molecule has 3 unspecified atom stereocenters. The zero-order valence-electron chi connectivity index (χ0n) is 10.9. The Hall–Kier alpha value is 0.0600. The average Bonchev–Trinajstić information content (AvgIpc) is 2.77. The third-order valence-electron chi connectivity index (χ3n) is 4.00. The van der Waals surface area contributed by atoms with Crippen LogP contribution in [0.3, 0.4) is 0 Å². The van der Waals surface area contributed by atoms with Gasteiger partial charge in [-0.3, -0.25) is 5.84 Å². The fourth-order valence-electron chi connectivity index (χ4n) is 3.09. The van der Waals surface area contributed by atoms with E-state index in [2.05, 4.69) is 39.7 Å². The second-order valence-corrected chi connectivity index (χ2v) is 7.00. The molecule has 1 fully saturated rings. The van der Waals surface area contributed by atoms with Crippen molar-refractivity contribution in [3.63, 3.8) is 0 Å². The van der Waals surface area contributed by atoms with Gasteiger partial charge in [-0.2, -0.15) is 0 Å². The van der Waals surface area contributed by atoms with Crippen molar-refractivity contribution in [3.05, 3.63) is 20.8 Å². The molecule has 18 heavy (non-hydrogen) atoms. The molecule has 3 N–H and O–H groups in total. The minimum absolute atomic E-state index is 0.0552. The highest BCUT2D eigenvalue weighted by molar-refractivity contribution is 9.10. The Bertz CT molecular complexity index is 398. The van der Waals surface area contributed by atoms with Crippen LogP contribution in [0.15, 0.2) is 15.9 Å². The normalized spacial score (nSPS) is 30.3. The van der Waals surface area contributed by atoms with Crippen LogP contribution >= 0.6 is 27.3 Å². The van der Waals surface area contributed by atoms with Crippen molar-refractivity contribution in [3.8, 4) is 0 Å². The van der Waals surface area contributed by atoms with Gasteiger partial charge in [0, 0.05) is 16.5 Å². The SMILES string of the molecule is COC1(C(NN)c2sccc2Br)CCCC(C)C1. The zero-order chi connectivity index (χ0) is 13.2. The molecule has 3 atom stereocenters. The monoisotopic (exact) mass is 332 g/mol. The van der Waals surface area contributed by atoms with Crippen molar-refractivity contribution >= 4 is 27.3 Å². The van der Waals surface area contributed by atoms with Gasteiger partial charge in [-0.1, -0.05) is 19.8 Å². The van der Waals surface area contributed by atoms with E-state index in [9.17, 15) is 0 Å². The molecule has 0 aliphatic heterocycles. The Labute approximate surface area is 121 Å². The maximum absolute atomic E-state index is 5.92. The molecule has 1 aromatic heterocycles. The standard InChI is InChI=1S/C13H21BrN2OS/c1-9-4-3-6-13(8-9,17-2)12(16-15)11-10(14)5-7-18-11/h5,7,9,12,16H,3-4,6,8,15H2,1-2H3. The second kappa shape index (κ2) is 6.01. The van der Waals surface area contributed by atoms with E-state index in [1.807, 2.05) is 7.11 Å². The van der Waals surface area contributed by atoms with Crippen molar-refractivity contribution in [2.75, 3.05) is 7.11 Å². The third kappa shape index (κ3) is 2.65. The van der Waals surface area contributed by atoms with E-state index >= 15 is 0 Å². The molecular weight excluding hydrogens is 312 g/mol. The molecule has 1 heterocycles. The summed E-state index contributed by atoms with van der Waals surface area (Å²) >= 11 is 5.32. The second-order valence-electron chi connectivity index (χ2n) is 5.20. The Balaban J connectivity index is 2.32. The van der Waals surface area contributed by atoms with E-state index in [0.717, 1.165) is 17.3 Å². The van der Waals surface area contributed by atoms with Crippen molar-refractivity contribution in [2.45, 2.75) is 44.2 Å². The quantitative estimate of drug-likeness (QED) is 0.654. The van der Waals surface area contributed by atoms with Gasteiger partial charge in [0.1, 0.15) is 0 Å². The lowest BCUT2D eigenvalue weighted by Crippen LogP contribution is -2.50. The summed E-state index contributed by atoms with van der Waals surface area (Å²) in [5.41, 5.74) is 2.80. The molecule has 0 saturated heterocycles. The highest BCUT2D eigenvalue weighted by Crippen LogP contribution is 2.45. The van der Waals surface area contributed by atoms with E-state index in [1.54, 1.807) is 11.3 Å². The number of methoxy groups -OCH3 is 1. The summed E-state index contributed by atoms with van der Waals surface area (Å²) in [6.45, 7) is 2.30. The number of halogens is 1. The minimum atomic E-state index is -0.181. The van der Waals surface area contributed by atoms with Gasteiger partial charge in [0.05, 0.1) is 11.6 Å². The largest absolute Gasteiger partial charge is 0.376 e. The number of thiophene rings is 1. The summed E-state index contributed by atoms with van der Waals surface area (Å²) in [7, 11) is 1.81. The molecule has 1 aliphatic carbocycles. The van der Waals surface area contributed by atoms with Gasteiger partial charge in [0.25, 0.3) is 0 Å². The molecular formula is C13H21BrN2OS. The van der Waals surface area contributed by atoms with Crippen molar-refractivity contribution in [1.29, 1.82) is 0 Å². The van der Waals surface area contributed by atoms with Gasteiger partial charge in [-0.25, -0.2) is 5.43 Å². The van der Waals surface area contributed by atoms with Gasteiger partial charge in [0.2, 0.25) is 0 Å². The lowest BCUT2D eigenvalue weighted by molar-refractivity contribution is -0.0799. The lowest BCUT2D eigenvalue weighted by Gasteiger charge is -2.44. The molecule has 0 aromatic carbocycles. The van der Waals surface area contributed by atoms with Crippen LogP contribution in [0.1, 0.15) is 43.5 Å². The van der Waals surface area contributed by atoms with Crippen molar-refractivity contribution in [2.24, 2.45) is 11.8 Å². The number of hydrogen-bond acceptors (Lipinski definition) is 4. The van der Waals surface area contributed by atoms with Crippen LogP contribution in [0.2, 0.25) is 0 Å². The van der Waals surface area contributed by atoms with Crippen molar-refractivity contribution in [1.82, 2.24) is 5.43 Å². The number of nitrogens with two attached hydrogens (primary N) is 1. The summed E-state index contributed by atoms with van der Waals surface area (Å²) in [4.78, 5) is 1.23. The molecule has 5 heteroatoms. The molecule has 102 valence electrons. The summed E-state index contributed by atoms with van der Waals surface area (Å²) in [6.07, 6.45) is 4.61. The lowest BCUT2D eigenvalue weighted by atomic mass is 9.74. The van der Waals surface area contributed by atoms with Crippen molar-refractivity contribution < 1.29 is 4.74 Å². The van der Waals surface area contributed by atoms with Crippen LogP contribution in [-0.4, -0.2) is 12.7 Å². The number of nitrogens with one attached hydrogen (secondary N) is 1. The van der Waals surface area contributed by atoms with E-state index in [1.165, 1.54) is 17.7 Å². The van der Waals surface area contributed by atoms with Crippen LogP contribution in [-0.2, 0) is 4.74 Å². The Morgan fingerprint density at radius 1 is 1.67 bits per heavy atom. The number of hydrazine groups is 1. The molecule has 0 spiro atoms. The molecule has 2 rings (SSSR count). The van der Waals surface area contributed by atoms with Gasteiger partial charge < -0.3 is 4.74 Å². The molecule has 1 aromatic rings. The Morgan fingerprint density at radius 3 is 2.94 bits per heavy atom. The van der Waals surface area contributed by atoms with Gasteiger partial charge in [-0.05, 0) is 46.1 Å². The predicted molar refractivity (Wildman–Crippen MR) is 79.5 cm³/mol. The topological polar surface area (TPSA) is 47.3 Å². The maximum Gasteiger partial charge on any atom is 0.0896 e. The third-order valence-corrected chi connectivity index (χ3v) is 5.93. The molecule has 3 nitrogen and oxygen atoms in total. The summed E-state index contributed by atoms with van der Waals surface area (Å²) in [5, 5.41) is 2.08. The average molecular weight is 333 g/mol. The van der Waals surface area contributed by atoms with Crippen LogP contribution in [0.25, 0.3) is 0 Å². The first-order valence-corrected chi connectivity index (χ1v) is 8.04. The number of ether oxygens (including phenoxy) is 1. The zero-order valence-corrected chi connectivity index (χ0v) is 13.3. The summed E-state index contributed by atoms with van der Waals surface area (Å²) in [6, 6.07) is 2.12. The summed E-state index contributed by atoms with van der Waals surface area (Å²) < 4.78 is 7.04. The molecule has 0 radical (unpaired) electrons. The molecule has 0 bridgehead atoms. The van der Waals surface area contributed by atoms with E-state index in [0.29, 0.717) is 5.92 Å². The molecule has 0 amide bonds. The number of hydrogen-bond donors (Lipinski definition) is 2. The predicted octanol–water partition coefficient (Wildman–Crippen LogP) is 3.61. The van der Waals surface area contributed by atoms with Gasteiger partial charge >= 0.3 is 0 Å². The van der Waals surface area contributed by atoms with Gasteiger partial charge in [-0.15, -0.1) is 11.3 Å². The Morgan fingerprint density at radius 2 is 2.44 bits per heavy atom. The van der Waals surface area contributed by atoms with E-state index < -0.39 is 0 Å². The van der Waals surface area contributed by atoms with Crippen LogP contribution < -0.4 is 11.3 Å². The smallest absolute Gasteiger partial charge is 0.0896 e. The number of rotatable bonds is 4. The van der Waals surface area contributed by atoms with Crippen LogP contribution in [0.5, 0.6) is 0 Å². The molecule has 1 saturated carbocycles. The first-order chi connectivity index (χ1) is 8.63. The van der Waals surface area contributed by atoms with Crippen LogP contribution in [0, 0.1) is 5.92 Å². The highest BCUT2D eigenvalue weighted by atomic mass is 79.9. The van der Waals surface area contributed by atoms with E-state index in [-0.39, 0.29) is 11.6 Å². The maximum atomic E-state index is 5.92. The first-order valence-electron chi connectivity index (χ1n) is 6.37. The Kier molecular flexibility index (Phi) is 4.83. The first kappa shape index (κ1) is 14.5. The fourth-order valence-corrected chi connectivity index (χ4v) is 4.85. The van der Waals surface area contributed by atoms with Crippen LogP contribution in [0.4, 0.5) is 0 Å². The molecule has 1 aliphatic rings. The highest BCUT2D eigenvalue weighted by Gasteiger charge is 2.43. The van der Waals surface area contributed by atoms with E-state index in [4.69, 9.17) is 10.6 Å². The van der Waals surface area contributed by atoms with Gasteiger partial charge in [0.15, 0.2) is 0 Å². The fraction of sp³-hybridized carbons (Fsp3) is 0.692. The summed E-state index contributed by atoms with van der Waals surface area (Å²) in [5.74, 6) is 6.51.